The molecular weight excluding hydrogens is 498 g/mol. The number of aryl methyl sites for hydroxylation is 1. The summed E-state index contributed by atoms with van der Waals surface area (Å²) >= 11 is 2.65. The van der Waals surface area contributed by atoms with E-state index in [1.165, 1.54) is 42.3 Å². The number of hydrogen-bond donors (Lipinski definition) is 1. The molecule has 2 heterocycles. The molecule has 0 radical (unpaired) electrons. The number of hydrogen-bond acceptors (Lipinski definition) is 8. The van der Waals surface area contributed by atoms with Crippen LogP contribution in [-0.4, -0.2) is 46.1 Å². The second-order valence-corrected chi connectivity index (χ2v) is 9.91. The Labute approximate surface area is 209 Å². The van der Waals surface area contributed by atoms with Crippen molar-refractivity contribution < 1.29 is 27.8 Å². The molecule has 1 N–H and O–H groups in total. The third-order valence-electron chi connectivity index (χ3n) is 5.57. The number of thioether (sulfide) groups is 1. The summed E-state index contributed by atoms with van der Waals surface area (Å²) in [7, 11) is 3.10. The number of amides is 1. The molecule has 186 valence electrons. The number of halogens is 2. The molecule has 1 aliphatic carbocycles. The number of aromatic nitrogens is 3. The predicted octanol–water partition coefficient (Wildman–Crippen LogP) is 4.93. The minimum absolute atomic E-state index is 0.0504. The second-order valence-electron chi connectivity index (χ2n) is 7.87. The zero-order valence-corrected chi connectivity index (χ0v) is 20.8. The Bertz CT molecular complexity index is 1210. The number of carbonyl (C=O) groups is 2. The Hall–Kier alpha value is -2.99. The van der Waals surface area contributed by atoms with Gasteiger partial charge in [-0.3, -0.25) is 4.79 Å². The lowest BCUT2D eigenvalue weighted by atomic mass is 10.1. The third-order valence-corrected chi connectivity index (χ3v) is 7.80. The summed E-state index contributed by atoms with van der Waals surface area (Å²) in [4.78, 5) is 26.3. The van der Waals surface area contributed by atoms with Crippen LogP contribution in [-0.2, 0) is 29.4 Å². The number of ether oxygens (including phenoxy) is 2. The smallest absolute Gasteiger partial charge is 0.387 e. The van der Waals surface area contributed by atoms with Gasteiger partial charge in [0.1, 0.15) is 10.8 Å². The van der Waals surface area contributed by atoms with Crippen LogP contribution in [0, 0.1) is 0 Å². The van der Waals surface area contributed by atoms with E-state index in [2.05, 4.69) is 20.3 Å². The fraction of sp³-hybridized carbons (Fsp3) is 0.391. The van der Waals surface area contributed by atoms with Gasteiger partial charge in [0, 0.05) is 17.5 Å². The molecule has 0 saturated carbocycles. The van der Waals surface area contributed by atoms with Gasteiger partial charge in [0.2, 0.25) is 5.91 Å². The van der Waals surface area contributed by atoms with Crippen LogP contribution in [0.2, 0.25) is 0 Å². The van der Waals surface area contributed by atoms with Crippen molar-refractivity contribution in [3.8, 4) is 17.1 Å². The van der Waals surface area contributed by atoms with E-state index in [1.54, 1.807) is 23.7 Å². The van der Waals surface area contributed by atoms with Crippen LogP contribution >= 0.6 is 23.1 Å². The Morgan fingerprint density at radius 1 is 1.17 bits per heavy atom. The lowest BCUT2D eigenvalue weighted by molar-refractivity contribution is -0.113. The number of esters is 1. The predicted molar refractivity (Wildman–Crippen MR) is 129 cm³/mol. The van der Waals surface area contributed by atoms with Crippen LogP contribution in [0.5, 0.6) is 5.75 Å². The Balaban J connectivity index is 1.43. The number of benzene rings is 1. The quantitative estimate of drug-likeness (QED) is 0.255. The number of thiophene rings is 1. The van der Waals surface area contributed by atoms with Crippen LogP contribution in [0.4, 0.5) is 13.8 Å². The topological polar surface area (TPSA) is 95.3 Å². The highest BCUT2D eigenvalue weighted by Crippen LogP contribution is 2.38. The highest BCUT2D eigenvalue weighted by Gasteiger charge is 2.26. The van der Waals surface area contributed by atoms with E-state index in [1.807, 2.05) is 0 Å². The van der Waals surface area contributed by atoms with Crippen molar-refractivity contribution in [2.75, 3.05) is 18.2 Å². The zero-order valence-electron chi connectivity index (χ0n) is 19.2. The summed E-state index contributed by atoms with van der Waals surface area (Å²) < 4.78 is 35.8. The van der Waals surface area contributed by atoms with Gasteiger partial charge in [0.05, 0.1) is 18.4 Å². The number of rotatable bonds is 8. The van der Waals surface area contributed by atoms with Gasteiger partial charge < -0.3 is 19.4 Å². The molecule has 1 amide bonds. The first-order chi connectivity index (χ1) is 16.9. The molecule has 0 bridgehead atoms. The van der Waals surface area contributed by atoms with E-state index in [0.29, 0.717) is 27.1 Å². The third kappa shape index (κ3) is 5.81. The average Bonchev–Trinajstić information content (AvgIpc) is 3.27. The summed E-state index contributed by atoms with van der Waals surface area (Å²) in [5.74, 6) is -0.0678. The van der Waals surface area contributed by atoms with Gasteiger partial charge in [-0.15, -0.1) is 21.5 Å². The van der Waals surface area contributed by atoms with E-state index >= 15 is 0 Å². The normalized spacial score (nSPS) is 13.3. The van der Waals surface area contributed by atoms with E-state index in [-0.39, 0.29) is 17.4 Å². The van der Waals surface area contributed by atoms with E-state index < -0.39 is 12.6 Å². The summed E-state index contributed by atoms with van der Waals surface area (Å²) in [5.41, 5.74) is 2.12. The number of nitrogens with one attached hydrogen (secondary N) is 1. The van der Waals surface area contributed by atoms with Crippen molar-refractivity contribution in [3.05, 3.63) is 40.3 Å². The average molecular weight is 523 g/mol. The fourth-order valence-corrected chi connectivity index (χ4v) is 5.92. The number of methoxy groups -OCH3 is 1. The largest absolute Gasteiger partial charge is 0.465 e. The van der Waals surface area contributed by atoms with Gasteiger partial charge in [-0.05, 0) is 55.5 Å². The van der Waals surface area contributed by atoms with E-state index in [4.69, 9.17) is 4.74 Å². The number of alkyl halides is 2. The van der Waals surface area contributed by atoms with Crippen LogP contribution in [0.15, 0.2) is 29.4 Å². The molecule has 8 nitrogen and oxygen atoms in total. The second kappa shape index (κ2) is 11.2. The van der Waals surface area contributed by atoms with Crippen molar-refractivity contribution in [1.29, 1.82) is 0 Å². The monoisotopic (exact) mass is 522 g/mol. The van der Waals surface area contributed by atoms with E-state index in [0.717, 1.165) is 42.5 Å². The van der Waals surface area contributed by atoms with Gasteiger partial charge in [-0.1, -0.05) is 18.2 Å². The summed E-state index contributed by atoms with van der Waals surface area (Å²) in [5, 5.41) is 12.2. The maximum absolute atomic E-state index is 12.7. The molecular formula is C23H24F2N4O4S2. The summed E-state index contributed by atoms with van der Waals surface area (Å²) in [6, 6.07) is 6.08. The van der Waals surface area contributed by atoms with Crippen LogP contribution < -0.4 is 10.1 Å². The van der Waals surface area contributed by atoms with Crippen molar-refractivity contribution in [3.63, 3.8) is 0 Å². The number of anilines is 1. The molecule has 0 aliphatic heterocycles. The Morgan fingerprint density at radius 3 is 2.63 bits per heavy atom. The molecule has 0 fully saturated rings. The fourth-order valence-electron chi connectivity index (χ4n) is 3.92. The first-order valence-corrected chi connectivity index (χ1v) is 12.8. The van der Waals surface area contributed by atoms with Crippen molar-refractivity contribution in [2.24, 2.45) is 7.05 Å². The molecule has 2 aromatic heterocycles. The molecule has 0 atom stereocenters. The van der Waals surface area contributed by atoms with Gasteiger partial charge >= 0.3 is 12.6 Å². The molecule has 0 unspecified atom stereocenters. The molecule has 0 saturated heterocycles. The molecule has 1 aliphatic rings. The van der Waals surface area contributed by atoms with Crippen LogP contribution in [0.25, 0.3) is 11.4 Å². The molecule has 1 aromatic carbocycles. The number of carbonyl (C=O) groups excluding carboxylic acids is 2. The lowest BCUT2D eigenvalue weighted by Gasteiger charge is -2.08. The summed E-state index contributed by atoms with van der Waals surface area (Å²) in [6.45, 7) is -2.89. The molecule has 4 rings (SSSR count). The maximum atomic E-state index is 12.7. The highest BCUT2D eigenvalue weighted by molar-refractivity contribution is 7.99. The van der Waals surface area contributed by atoms with Crippen molar-refractivity contribution in [1.82, 2.24) is 14.8 Å². The molecule has 35 heavy (non-hydrogen) atoms. The lowest BCUT2D eigenvalue weighted by Crippen LogP contribution is -2.16. The standard InChI is InChI=1S/C23H24F2N4O4S2/c1-29-19(13-8-10-14(11-9-13)33-22(24)25)27-28-23(29)34-12-17(30)26-20-18(21(31)32-2)15-6-4-3-5-7-16(15)35-20/h8-11,22H,3-7,12H2,1-2H3,(H,26,30). The van der Waals surface area contributed by atoms with Crippen LogP contribution in [0.1, 0.15) is 40.1 Å². The Kier molecular flexibility index (Phi) is 8.01. The number of nitrogens with zero attached hydrogens (tertiary/aromatic N) is 3. The minimum Gasteiger partial charge on any atom is -0.465 e. The first-order valence-electron chi connectivity index (χ1n) is 11.0. The molecule has 12 heteroatoms. The zero-order chi connectivity index (χ0) is 24.9. The first kappa shape index (κ1) is 25.1. The van der Waals surface area contributed by atoms with Gasteiger partial charge in [-0.2, -0.15) is 8.78 Å². The van der Waals surface area contributed by atoms with Gasteiger partial charge in [-0.25, -0.2) is 4.79 Å². The van der Waals surface area contributed by atoms with Gasteiger partial charge in [0.15, 0.2) is 11.0 Å². The molecule has 0 spiro atoms. The van der Waals surface area contributed by atoms with Crippen LogP contribution in [0.3, 0.4) is 0 Å². The maximum Gasteiger partial charge on any atom is 0.387 e. The number of fused-ring (bicyclic) bond motifs is 1. The minimum atomic E-state index is -2.89. The highest BCUT2D eigenvalue weighted by atomic mass is 32.2. The van der Waals surface area contributed by atoms with Crippen molar-refractivity contribution >= 4 is 40.0 Å². The Morgan fingerprint density at radius 2 is 1.91 bits per heavy atom. The molecule has 3 aromatic rings. The SMILES string of the molecule is COC(=O)c1c(NC(=O)CSc2nnc(-c3ccc(OC(F)F)cc3)n2C)sc2c1CCCCC2. The van der Waals surface area contributed by atoms with E-state index in [9.17, 15) is 18.4 Å². The van der Waals surface area contributed by atoms with Crippen molar-refractivity contribution in [2.45, 2.75) is 43.9 Å². The summed E-state index contributed by atoms with van der Waals surface area (Å²) in [6.07, 6.45) is 4.89. The van der Waals surface area contributed by atoms with Gasteiger partial charge in [0.25, 0.3) is 0 Å².